The highest BCUT2D eigenvalue weighted by molar-refractivity contribution is 6.35. The number of allylic oxidation sites excluding steroid dienone is 2. The maximum absolute atomic E-state index is 14.7. The van der Waals surface area contributed by atoms with E-state index < -0.39 is 45.1 Å². The molecule has 2 fully saturated rings. The van der Waals surface area contributed by atoms with Crippen LogP contribution in [0.25, 0.3) is 11.1 Å². The Morgan fingerprint density at radius 2 is 1.45 bits per heavy atom. The summed E-state index contributed by atoms with van der Waals surface area (Å²) in [7, 11) is 1.38. The highest BCUT2D eigenvalue weighted by atomic mass is 16.6. The number of imide groups is 1. The number of methoxy groups -OCH3 is 1. The molecule has 2 aliphatic carbocycles. The molecule has 3 aliphatic rings. The second-order valence-corrected chi connectivity index (χ2v) is 10.8. The molecule has 8 heteroatoms. The van der Waals surface area contributed by atoms with Gasteiger partial charge in [0.2, 0.25) is 11.8 Å². The van der Waals surface area contributed by atoms with Crippen molar-refractivity contribution in [1.29, 1.82) is 0 Å². The fraction of sp³-hybridized carbons (Fsp3) is 0.281. The lowest BCUT2D eigenvalue weighted by atomic mass is 9.61. The molecule has 8 nitrogen and oxygen atoms in total. The quantitative estimate of drug-likeness (QED) is 0.218. The molecule has 4 atom stereocenters. The van der Waals surface area contributed by atoms with Gasteiger partial charge in [-0.05, 0) is 47.8 Å². The molecule has 1 saturated carbocycles. The molecule has 2 bridgehead atoms. The molecule has 1 saturated heterocycles. The zero-order valence-electron chi connectivity index (χ0n) is 22.4. The van der Waals surface area contributed by atoms with Crippen LogP contribution in [0.2, 0.25) is 0 Å². The molecular weight excluding hydrogens is 508 g/mol. The van der Waals surface area contributed by atoms with Crippen LogP contribution in [0.1, 0.15) is 37.8 Å². The molecule has 0 radical (unpaired) electrons. The minimum absolute atomic E-state index is 0.111. The molecule has 1 heterocycles. The Hall–Kier alpha value is -4.59. The van der Waals surface area contributed by atoms with Crippen LogP contribution in [0, 0.1) is 32.8 Å². The summed E-state index contributed by atoms with van der Waals surface area (Å²) in [6.45, 7) is 3.74. The Bertz CT molecular complexity index is 1610. The molecule has 2 amide bonds. The Balaban J connectivity index is 1.63. The van der Waals surface area contributed by atoms with E-state index in [0.29, 0.717) is 12.8 Å². The van der Waals surface area contributed by atoms with Crippen molar-refractivity contribution in [3.8, 4) is 5.75 Å². The Labute approximate surface area is 231 Å². The smallest absolute Gasteiger partial charge is 0.297 e. The largest absolute Gasteiger partial charge is 0.496 e. The van der Waals surface area contributed by atoms with Crippen LogP contribution in [0.5, 0.6) is 5.75 Å². The van der Waals surface area contributed by atoms with Gasteiger partial charge in [-0.1, -0.05) is 74.0 Å². The number of amides is 2. The van der Waals surface area contributed by atoms with Gasteiger partial charge < -0.3 is 4.74 Å². The molecule has 202 valence electrons. The van der Waals surface area contributed by atoms with Gasteiger partial charge in [0.15, 0.2) is 5.78 Å². The molecule has 3 aromatic carbocycles. The van der Waals surface area contributed by atoms with Gasteiger partial charge in [-0.25, -0.2) is 4.90 Å². The van der Waals surface area contributed by atoms with E-state index in [4.69, 9.17) is 4.74 Å². The maximum atomic E-state index is 14.7. The second-order valence-electron chi connectivity index (χ2n) is 10.8. The van der Waals surface area contributed by atoms with E-state index in [-0.39, 0.29) is 17.2 Å². The topological polar surface area (TPSA) is 107 Å². The number of ketones is 1. The third kappa shape index (κ3) is 3.10. The van der Waals surface area contributed by atoms with Crippen LogP contribution in [0.3, 0.4) is 0 Å². The molecule has 0 unspecified atom stereocenters. The third-order valence-corrected chi connectivity index (χ3v) is 8.94. The van der Waals surface area contributed by atoms with Crippen LogP contribution >= 0.6 is 0 Å². The Morgan fingerprint density at radius 3 is 2.00 bits per heavy atom. The van der Waals surface area contributed by atoms with E-state index in [0.717, 1.165) is 27.2 Å². The van der Waals surface area contributed by atoms with Crippen LogP contribution in [-0.4, -0.2) is 29.6 Å². The summed E-state index contributed by atoms with van der Waals surface area (Å²) < 4.78 is 5.16. The van der Waals surface area contributed by atoms with Gasteiger partial charge in [0.25, 0.3) is 5.69 Å². The number of anilines is 1. The monoisotopic (exact) mass is 536 g/mol. The standard InChI is InChI=1S/C32H28N2O6/c1-4-17-32-25(20-13-9-6-10-14-20)24(19-11-7-5-8-12-19)31(2,30(32)37)26-27(32)29(36)33(28(26)35)22-16-15-21(40-3)18-23(22)34(38)39/h5-16,18,26-27H,4,17H2,1-3H3/t26-,27-,31-,32+/m0/s1. The zero-order chi connectivity index (χ0) is 28.4. The van der Waals surface area contributed by atoms with Crippen molar-refractivity contribution in [1.82, 2.24) is 0 Å². The van der Waals surface area contributed by atoms with Crippen LogP contribution in [0.15, 0.2) is 78.9 Å². The number of carbonyl (C=O) groups excluding carboxylic acids is 3. The second kappa shape index (κ2) is 8.98. The number of nitro groups is 1. The van der Waals surface area contributed by atoms with Crippen molar-refractivity contribution in [2.45, 2.75) is 26.7 Å². The fourth-order valence-electron chi connectivity index (χ4n) is 7.56. The van der Waals surface area contributed by atoms with E-state index in [9.17, 15) is 24.5 Å². The predicted molar refractivity (Wildman–Crippen MR) is 149 cm³/mol. The average Bonchev–Trinajstić information content (AvgIpc) is 3.43. The van der Waals surface area contributed by atoms with Crippen LogP contribution in [0.4, 0.5) is 11.4 Å². The maximum Gasteiger partial charge on any atom is 0.297 e. The first kappa shape index (κ1) is 25.7. The number of nitrogens with zero attached hydrogens (tertiary/aromatic N) is 2. The SMILES string of the molecule is CCC[C@@]12C(=O)[C@@](C)(C(c3ccccc3)=C1c1ccccc1)[C@@H]1C(=O)N(c3ccc(OC)cc3[N+](=O)[O-])C(=O)[C@H]12. The van der Waals surface area contributed by atoms with Gasteiger partial charge >= 0.3 is 0 Å². The van der Waals surface area contributed by atoms with Crippen LogP contribution in [-0.2, 0) is 14.4 Å². The highest BCUT2D eigenvalue weighted by Gasteiger charge is 2.80. The first-order chi connectivity index (χ1) is 19.2. The first-order valence-electron chi connectivity index (χ1n) is 13.3. The summed E-state index contributed by atoms with van der Waals surface area (Å²) in [5.74, 6) is -3.00. The Morgan fingerprint density at radius 1 is 0.875 bits per heavy atom. The number of fused-ring (bicyclic) bond motifs is 5. The van der Waals surface area contributed by atoms with Gasteiger partial charge in [0.1, 0.15) is 11.4 Å². The molecule has 3 aromatic rings. The average molecular weight is 537 g/mol. The number of carbonyl (C=O) groups is 3. The lowest BCUT2D eigenvalue weighted by Crippen LogP contribution is -2.41. The number of benzene rings is 3. The van der Waals surface area contributed by atoms with Crippen molar-refractivity contribution in [3.63, 3.8) is 0 Å². The predicted octanol–water partition coefficient (Wildman–Crippen LogP) is 5.71. The number of hydrogen-bond acceptors (Lipinski definition) is 6. The fourth-order valence-corrected chi connectivity index (χ4v) is 7.56. The summed E-state index contributed by atoms with van der Waals surface area (Å²) in [5.41, 5.74) is 0.128. The van der Waals surface area contributed by atoms with Crippen molar-refractivity contribution in [2.75, 3.05) is 12.0 Å². The summed E-state index contributed by atoms with van der Waals surface area (Å²) in [6.07, 6.45) is 0.980. The van der Waals surface area contributed by atoms with Gasteiger partial charge in [0.05, 0.1) is 40.8 Å². The molecule has 0 spiro atoms. The van der Waals surface area contributed by atoms with Crippen LogP contribution < -0.4 is 9.64 Å². The lowest BCUT2D eigenvalue weighted by Gasteiger charge is -2.37. The Kier molecular flexibility index (Phi) is 5.76. The van der Waals surface area contributed by atoms with Crippen molar-refractivity contribution in [2.24, 2.45) is 22.7 Å². The summed E-state index contributed by atoms with van der Waals surface area (Å²) >= 11 is 0. The lowest BCUT2D eigenvalue weighted by molar-refractivity contribution is -0.384. The van der Waals surface area contributed by atoms with E-state index in [1.165, 1.54) is 25.3 Å². The third-order valence-electron chi connectivity index (χ3n) is 8.94. The molecule has 6 rings (SSSR count). The van der Waals surface area contributed by atoms with Gasteiger partial charge in [-0.3, -0.25) is 24.5 Å². The van der Waals surface area contributed by atoms with Gasteiger partial charge in [-0.2, -0.15) is 0 Å². The number of hydrogen-bond donors (Lipinski definition) is 0. The number of Topliss-reactive ketones (excluding diaryl/α,β-unsaturated/α-hetero) is 1. The molecule has 40 heavy (non-hydrogen) atoms. The molecule has 0 aromatic heterocycles. The van der Waals surface area contributed by atoms with E-state index in [2.05, 4.69) is 0 Å². The number of rotatable bonds is 7. The molecule has 0 N–H and O–H groups in total. The first-order valence-corrected chi connectivity index (χ1v) is 13.3. The van der Waals surface area contributed by atoms with E-state index in [1.807, 2.05) is 67.6 Å². The van der Waals surface area contributed by atoms with E-state index >= 15 is 0 Å². The van der Waals surface area contributed by atoms with Gasteiger partial charge in [-0.15, -0.1) is 0 Å². The summed E-state index contributed by atoms with van der Waals surface area (Å²) in [4.78, 5) is 55.7. The minimum atomic E-state index is -1.30. The van der Waals surface area contributed by atoms with E-state index in [1.54, 1.807) is 6.92 Å². The minimum Gasteiger partial charge on any atom is -0.496 e. The van der Waals surface area contributed by atoms with Crippen molar-refractivity contribution in [3.05, 3.63) is 100 Å². The number of nitro benzene ring substituents is 1. The highest BCUT2D eigenvalue weighted by Crippen LogP contribution is 2.75. The molecular formula is C32H28N2O6. The number of ether oxygens (including phenoxy) is 1. The summed E-state index contributed by atoms with van der Waals surface area (Å²) in [5, 5.41) is 12.0. The summed E-state index contributed by atoms with van der Waals surface area (Å²) in [6, 6.07) is 23.2. The zero-order valence-corrected chi connectivity index (χ0v) is 22.4. The van der Waals surface area contributed by atoms with Gasteiger partial charge in [0, 0.05) is 0 Å². The molecule has 1 aliphatic heterocycles. The normalized spacial score (nSPS) is 27.0. The van der Waals surface area contributed by atoms with Crippen molar-refractivity contribution >= 4 is 40.1 Å². The van der Waals surface area contributed by atoms with Crippen molar-refractivity contribution < 1.29 is 24.0 Å².